The number of benzene rings is 1. The van der Waals surface area contributed by atoms with Crippen LogP contribution in [0, 0.1) is 5.82 Å². The zero-order valence-corrected chi connectivity index (χ0v) is 7.84. The maximum absolute atomic E-state index is 13.0. The lowest BCUT2D eigenvalue weighted by Crippen LogP contribution is -1.96. The van der Waals surface area contributed by atoms with E-state index in [-0.39, 0.29) is 15.6 Å². The van der Waals surface area contributed by atoms with Gasteiger partial charge in [0.05, 0.1) is 15.6 Å². The summed E-state index contributed by atoms with van der Waals surface area (Å²) >= 11 is 15.9. The average Bonchev–Trinajstić information content (AvgIpc) is 1.97. The van der Waals surface area contributed by atoms with Gasteiger partial charge in [-0.25, -0.2) is 4.39 Å². The van der Waals surface area contributed by atoms with Crippen molar-refractivity contribution in [2.75, 3.05) is 0 Å². The quantitative estimate of drug-likeness (QED) is 0.530. The van der Waals surface area contributed by atoms with Gasteiger partial charge in [0.15, 0.2) is 5.82 Å². The van der Waals surface area contributed by atoms with Gasteiger partial charge >= 0.3 is 0 Å². The van der Waals surface area contributed by atoms with E-state index in [4.69, 9.17) is 34.8 Å². The second-order valence-corrected chi connectivity index (χ2v) is 3.15. The third-order valence-corrected chi connectivity index (χ3v) is 2.04. The Bertz CT molecular complexity index is 338. The van der Waals surface area contributed by atoms with Crippen LogP contribution in [0.15, 0.2) is 12.1 Å². The van der Waals surface area contributed by atoms with Gasteiger partial charge in [-0.3, -0.25) is 4.79 Å². The predicted molar refractivity (Wildman–Crippen MR) is 46.6 cm³/mol. The molecule has 0 heterocycles. The highest BCUT2D eigenvalue weighted by Gasteiger charge is 2.16. The number of carbonyl (C=O) groups is 1. The third kappa shape index (κ3) is 1.71. The van der Waals surface area contributed by atoms with Crippen molar-refractivity contribution in [1.82, 2.24) is 0 Å². The topological polar surface area (TPSA) is 17.1 Å². The van der Waals surface area contributed by atoms with E-state index in [2.05, 4.69) is 0 Å². The first-order chi connectivity index (χ1) is 5.54. The fraction of sp³-hybridized carbons (Fsp3) is 0. The van der Waals surface area contributed by atoms with Crippen molar-refractivity contribution in [1.29, 1.82) is 0 Å². The monoisotopic (exact) mass is 226 g/mol. The van der Waals surface area contributed by atoms with Crippen molar-refractivity contribution in [3.63, 3.8) is 0 Å². The SMILES string of the molecule is O=C(Cl)c1c(Cl)ccc(Cl)c1F. The lowest BCUT2D eigenvalue weighted by molar-refractivity contribution is 0.107. The van der Waals surface area contributed by atoms with E-state index in [0.717, 1.165) is 0 Å². The molecule has 0 N–H and O–H groups in total. The number of rotatable bonds is 1. The van der Waals surface area contributed by atoms with Crippen LogP contribution in [0.5, 0.6) is 0 Å². The number of halogens is 4. The van der Waals surface area contributed by atoms with Crippen molar-refractivity contribution in [2.24, 2.45) is 0 Å². The van der Waals surface area contributed by atoms with Crippen molar-refractivity contribution in [3.05, 3.63) is 33.6 Å². The van der Waals surface area contributed by atoms with Crippen molar-refractivity contribution in [2.45, 2.75) is 0 Å². The van der Waals surface area contributed by atoms with Crippen LogP contribution in [0.1, 0.15) is 10.4 Å². The lowest BCUT2D eigenvalue weighted by atomic mass is 10.2. The fourth-order valence-corrected chi connectivity index (χ4v) is 1.33. The van der Waals surface area contributed by atoms with Gasteiger partial charge < -0.3 is 0 Å². The molecule has 64 valence electrons. The summed E-state index contributed by atoms with van der Waals surface area (Å²) in [4.78, 5) is 10.6. The van der Waals surface area contributed by atoms with Crippen molar-refractivity contribution in [3.8, 4) is 0 Å². The molecule has 0 spiro atoms. The minimum absolute atomic E-state index is 0.0445. The van der Waals surface area contributed by atoms with Gasteiger partial charge in [-0.1, -0.05) is 23.2 Å². The summed E-state index contributed by atoms with van der Waals surface area (Å²) in [5, 5.41) is -1.18. The molecule has 5 heteroatoms. The van der Waals surface area contributed by atoms with Crippen LogP contribution in [-0.2, 0) is 0 Å². The summed E-state index contributed by atoms with van der Waals surface area (Å²) in [6.07, 6.45) is 0. The average molecular weight is 227 g/mol. The molecule has 1 aromatic carbocycles. The summed E-state index contributed by atoms with van der Waals surface area (Å²) in [7, 11) is 0. The summed E-state index contributed by atoms with van der Waals surface area (Å²) in [5.74, 6) is -0.885. The van der Waals surface area contributed by atoms with E-state index >= 15 is 0 Å². The summed E-state index contributed by atoms with van der Waals surface area (Å²) in [6.45, 7) is 0. The molecule has 0 radical (unpaired) electrons. The molecule has 0 saturated carbocycles. The highest BCUT2D eigenvalue weighted by Crippen LogP contribution is 2.26. The van der Waals surface area contributed by atoms with Gasteiger partial charge in [0.25, 0.3) is 5.24 Å². The standard InChI is InChI=1S/C7H2Cl3FO/c8-3-1-2-4(9)6(11)5(3)7(10)12/h1-2H. The smallest absolute Gasteiger partial charge is 0.256 e. The minimum Gasteiger partial charge on any atom is -0.275 e. The molecule has 1 rings (SSSR count). The Morgan fingerprint density at radius 3 is 2.17 bits per heavy atom. The van der Waals surface area contributed by atoms with Crippen LogP contribution >= 0.6 is 34.8 Å². The van der Waals surface area contributed by atoms with Crippen molar-refractivity contribution < 1.29 is 9.18 Å². The Morgan fingerprint density at radius 1 is 1.25 bits per heavy atom. The number of carbonyl (C=O) groups excluding carboxylic acids is 1. The van der Waals surface area contributed by atoms with Crippen LogP contribution in [0.3, 0.4) is 0 Å². The van der Waals surface area contributed by atoms with Crippen LogP contribution < -0.4 is 0 Å². The second kappa shape index (κ2) is 3.60. The summed E-state index contributed by atoms with van der Waals surface area (Å²) in [5.41, 5.74) is -0.383. The van der Waals surface area contributed by atoms with Gasteiger partial charge in [-0.05, 0) is 23.7 Å². The molecule has 0 aromatic heterocycles. The molecular formula is C7H2Cl3FO. The Morgan fingerprint density at radius 2 is 1.75 bits per heavy atom. The summed E-state index contributed by atoms with van der Waals surface area (Å²) in [6, 6.07) is 2.56. The van der Waals surface area contributed by atoms with Gasteiger partial charge in [0.1, 0.15) is 0 Å². The molecule has 0 aliphatic rings. The van der Waals surface area contributed by atoms with Gasteiger partial charge in [-0.2, -0.15) is 0 Å². The molecule has 0 saturated heterocycles. The van der Waals surface area contributed by atoms with Crippen LogP contribution in [0.4, 0.5) is 4.39 Å². The molecule has 0 atom stereocenters. The second-order valence-electron chi connectivity index (χ2n) is 1.99. The minimum atomic E-state index is -0.958. The third-order valence-electron chi connectivity index (χ3n) is 1.24. The molecule has 12 heavy (non-hydrogen) atoms. The molecule has 1 aromatic rings. The van der Waals surface area contributed by atoms with Crippen LogP contribution in [-0.4, -0.2) is 5.24 Å². The summed E-state index contributed by atoms with van der Waals surface area (Å²) < 4.78 is 13.0. The van der Waals surface area contributed by atoms with Crippen LogP contribution in [0.2, 0.25) is 10.0 Å². The molecule has 0 aliphatic heterocycles. The van der Waals surface area contributed by atoms with E-state index in [9.17, 15) is 9.18 Å². The van der Waals surface area contributed by atoms with Gasteiger partial charge in [-0.15, -0.1) is 0 Å². The Labute approximate surface area is 83.0 Å². The maximum Gasteiger partial charge on any atom is 0.256 e. The lowest BCUT2D eigenvalue weighted by Gasteiger charge is -2.00. The van der Waals surface area contributed by atoms with Crippen molar-refractivity contribution >= 4 is 40.0 Å². The van der Waals surface area contributed by atoms with E-state index < -0.39 is 11.1 Å². The normalized spacial score (nSPS) is 10.0. The fourth-order valence-electron chi connectivity index (χ4n) is 0.707. The largest absolute Gasteiger partial charge is 0.275 e. The molecule has 0 fully saturated rings. The maximum atomic E-state index is 13.0. The van der Waals surface area contributed by atoms with Gasteiger partial charge in [0.2, 0.25) is 0 Å². The van der Waals surface area contributed by atoms with Crippen LogP contribution in [0.25, 0.3) is 0 Å². The Balaban J connectivity index is 3.43. The molecule has 1 nitrogen and oxygen atoms in total. The van der Waals surface area contributed by atoms with E-state index in [0.29, 0.717) is 0 Å². The van der Waals surface area contributed by atoms with E-state index in [1.807, 2.05) is 0 Å². The first kappa shape index (κ1) is 9.78. The highest BCUT2D eigenvalue weighted by atomic mass is 35.5. The molecule has 0 bridgehead atoms. The Kier molecular flexibility index (Phi) is 2.94. The number of hydrogen-bond donors (Lipinski definition) is 0. The zero-order valence-electron chi connectivity index (χ0n) is 5.57. The molecule has 0 aliphatic carbocycles. The predicted octanol–water partition coefficient (Wildman–Crippen LogP) is 3.51. The highest BCUT2D eigenvalue weighted by molar-refractivity contribution is 6.68. The zero-order chi connectivity index (χ0) is 9.30. The number of hydrogen-bond acceptors (Lipinski definition) is 1. The first-order valence-corrected chi connectivity index (χ1v) is 4.00. The molecule has 0 unspecified atom stereocenters. The molecule has 0 amide bonds. The van der Waals surface area contributed by atoms with E-state index in [1.165, 1.54) is 12.1 Å². The van der Waals surface area contributed by atoms with Gasteiger partial charge in [0, 0.05) is 0 Å². The Hall–Kier alpha value is -0.310. The first-order valence-electron chi connectivity index (χ1n) is 2.87. The molecular weight excluding hydrogens is 225 g/mol. The van der Waals surface area contributed by atoms with E-state index in [1.54, 1.807) is 0 Å².